The van der Waals surface area contributed by atoms with Gasteiger partial charge < -0.3 is 0 Å². The first kappa shape index (κ1) is 22.3. The maximum absolute atomic E-state index is 2.41. The molecule has 1 aromatic carbocycles. The summed E-state index contributed by atoms with van der Waals surface area (Å²) in [5, 5.41) is 0. The molecule has 0 N–H and O–H groups in total. The Morgan fingerprint density at radius 3 is 1.52 bits per heavy atom. The van der Waals surface area contributed by atoms with Gasteiger partial charge in [0.2, 0.25) is 0 Å². The van der Waals surface area contributed by atoms with Crippen molar-refractivity contribution in [2.75, 3.05) is 0 Å². The standard InChI is InChI=1S/C25H44/c1-4-7-9-11-13-15-19-24-21-17-20-23(18-6-3)25(24)22-16-14-12-10-8-5-2/h17,20-21H,4-16,18-19,22H2,1-3H3. The summed E-state index contributed by atoms with van der Waals surface area (Å²) in [7, 11) is 0. The van der Waals surface area contributed by atoms with E-state index < -0.39 is 0 Å². The van der Waals surface area contributed by atoms with E-state index in [-0.39, 0.29) is 0 Å². The van der Waals surface area contributed by atoms with Gasteiger partial charge in [-0.25, -0.2) is 0 Å². The lowest BCUT2D eigenvalue weighted by molar-refractivity contribution is 0.598. The normalized spacial score (nSPS) is 11.2. The van der Waals surface area contributed by atoms with Gasteiger partial charge in [0.15, 0.2) is 0 Å². The van der Waals surface area contributed by atoms with Crippen LogP contribution in [-0.4, -0.2) is 0 Å². The van der Waals surface area contributed by atoms with E-state index >= 15 is 0 Å². The van der Waals surface area contributed by atoms with Crippen molar-refractivity contribution in [2.24, 2.45) is 0 Å². The van der Waals surface area contributed by atoms with E-state index in [0.717, 1.165) is 0 Å². The first-order valence-corrected chi connectivity index (χ1v) is 11.4. The van der Waals surface area contributed by atoms with Crippen molar-refractivity contribution in [1.82, 2.24) is 0 Å². The molecule has 0 aromatic heterocycles. The molecule has 1 aromatic rings. The highest BCUT2D eigenvalue weighted by molar-refractivity contribution is 5.36. The van der Waals surface area contributed by atoms with Crippen molar-refractivity contribution in [3.63, 3.8) is 0 Å². The number of aryl methyl sites for hydroxylation is 2. The third kappa shape index (κ3) is 10.1. The van der Waals surface area contributed by atoms with Gasteiger partial charge in [-0.05, 0) is 48.8 Å². The lowest BCUT2D eigenvalue weighted by atomic mass is 9.90. The van der Waals surface area contributed by atoms with Crippen molar-refractivity contribution in [3.8, 4) is 0 Å². The van der Waals surface area contributed by atoms with Crippen molar-refractivity contribution in [2.45, 2.75) is 124 Å². The van der Waals surface area contributed by atoms with Gasteiger partial charge in [0.1, 0.15) is 0 Å². The summed E-state index contributed by atoms with van der Waals surface area (Å²) < 4.78 is 0. The molecule has 0 radical (unpaired) electrons. The minimum absolute atomic E-state index is 1.26. The third-order valence-electron chi connectivity index (χ3n) is 5.47. The molecule has 0 atom stereocenters. The monoisotopic (exact) mass is 344 g/mol. The molecule has 0 fully saturated rings. The summed E-state index contributed by atoms with van der Waals surface area (Å²) in [6, 6.07) is 7.11. The topological polar surface area (TPSA) is 0 Å². The molecule has 144 valence electrons. The average molecular weight is 345 g/mol. The maximum atomic E-state index is 2.41. The van der Waals surface area contributed by atoms with Crippen molar-refractivity contribution >= 4 is 0 Å². The van der Waals surface area contributed by atoms with Crippen LogP contribution in [0.1, 0.15) is 121 Å². The van der Waals surface area contributed by atoms with Gasteiger partial charge in [-0.3, -0.25) is 0 Å². The Hall–Kier alpha value is -0.780. The average Bonchev–Trinajstić information content (AvgIpc) is 2.62. The fourth-order valence-corrected chi connectivity index (χ4v) is 3.92. The molecule has 0 saturated carbocycles. The Morgan fingerprint density at radius 2 is 0.960 bits per heavy atom. The quantitative estimate of drug-likeness (QED) is 0.264. The molecular formula is C25H44. The third-order valence-corrected chi connectivity index (χ3v) is 5.47. The van der Waals surface area contributed by atoms with E-state index in [9.17, 15) is 0 Å². The summed E-state index contributed by atoms with van der Waals surface area (Å²) in [6.07, 6.45) is 22.0. The van der Waals surface area contributed by atoms with Crippen LogP contribution in [0.25, 0.3) is 0 Å². The van der Waals surface area contributed by atoms with Gasteiger partial charge in [0.25, 0.3) is 0 Å². The second-order valence-corrected chi connectivity index (χ2v) is 7.84. The van der Waals surface area contributed by atoms with E-state index in [4.69, 9.17) is 0 Å². The molecule has 0 amide bonds. The number of hydrogen-bond acceptors (Lipinski definition) is 0. The first-order chi connectivity index (χ1) is 12.3. The van der Waals surface area contributed by atoms with Crippen molar-refractivity contribution in [1.29, 1.82) is 0 Å². The van der Waals surface area contributed by atoms with Crippen molar-refractivity contribution < 1.29 is 0 Å². The predicted octanol–water partition coefficient (Wildman–Crippen LogP) is 8.45. The highest BCUT2D eigenvalue weighted by Gasteiger charge is 2.08. The van der Waals surface area contributed by atoms with Crippen LogP contribution < -0.4 is 0 Å². The second-order valence-electron chi connectivity index (χ2n) is 7.84. The first-order valence-electron chi connectivity index (χ1n) is 11.4. The SMILES string of the molecule is CCCCCCCCc1cccc(CCC)c1CCCCCCCC. The molecule has 0 heterocycles. The molecular weight excluding hydrogens is 300 g/mol. The Balaban J connectivity index is 2.49. The van der Waals surface area contributed by atoms with E-state index in [1.165, 1.54) is 103 Å². The largest absolute Gasteiger partial charge is 0.0654 e. The molecule has 0 aliphatic rings. The van der Waals surface area contributed by atoms with E-state index in [0.29, 0.717) is 0 Å². The zero-order valence-electron chi connectivity index (χ0n) is 17.5. The molecule has 25 heavy (non-hydrogen) atoms. The summed E-state index contributed by atoms with van der Waals surface area (Å²) in [5.74, 6) is 0. The molecule has 0 spiro atoms. The van der Waals surface area contributed by atoms with E-state index in [2.05, 4.69) is 39.0 Å². The van der Waals surface area contributed by atoms with E-state index in [1.54, 1.807) is 16.7 Å². The molecule has 0 unspecified atom stereocenters. The van der Waals surface area contributed by atoms with Gasteiger partial charge in [0, 0.05) is 0 Å². The minimum Gasteiger partial charge on any atom is -0.0654 e. The number of benzene rings is 1. The van der Waals surface area contributed by atoms with Crippen LogP contribution in [0, 0.1) is 0 Å². The molecule has 0 heteroatoms. The van der Waals surface area contributed by atoms with Crippen LogP contribution in [0.15, 0.2) is 18.2 Å². The Kier molecular flexibility index (Phi) is 13.8. The number of unbranched alkanes of at least 4 members (excludes halogenated alkanes) is 10. The van der Waals surface area contributed by atoms with Gasteiger partial charge >= 0.3 is 0 Å². The van der Waals surface area contributed by atoms with E-state index in [1.807, 2.05) is 0 Å². The summed E-state index contributed by atoms with van der Waals surface area (Å²) in [4.78, 5) is 0. The fourth-order valence-electron chi connectivity index (χ4n) is 3.92. The molecule has 0 bridgehead atoms. The predicted molar refractivity (Wildman–Crippen MR) is 115 cm³/mol. The summed E-state index contributed by atoms with van der Waals surface area (Å²) in [5.41, 5.74) is 5.02. The van der Waals surface area contributed by atoms with Crippen LogP contribution in [-0.2, 0) is 19.3 Å². The van der Waals surface area contributed by atoms with Crippen LogP contribution in [0.4, 0.5) is 0 Å². The van der Waals surface area contributed by atoms with Gasteiger partial charge in [-0.2, -0.15) is 0 Å². The maximum Gasteiger partial charge on any atom is -0.0273 e. The number of rotatable bonds is 16. The van der Waals surface area contributed by atoms with Crippen LogP contribution in [0.3, 0.4) is 0 Å². The Morgan fingerprint density at radius 1 is 0.480 bits per heavy atom. The van der Waals surface area contributed by atoms with Crippen LogP contribution in [0.5, 0.6) is 0 Å². The lowest BCUT2D eigenvalue weighted by Crippen LogP contribution is -2.01. The number of hydrogen-bond donors (Lipinski definition) is 0. The fraction of sp³-hybridized carbons (Fsp3) is 0.760. The molecule has 0 nitrogen and oxygen atoms in total. The van der Waals surface area contributed by atoms with Crippen molar-refractivity contribution in [3.05, 3.63) is 34.9 Å². The van der Waals surface area contributed by atoms with Gasteiger partial charge in [0.05, 0.1) is 0 Å². The highest BCUT2D eigenvalue weighted by Crippen LogP contribution is 2.22. The van der Waals surface area contributed by atoms with Gasteiger partial charge in [-0.1, -0.05) is 110 Å². The van der Waals surface area contributed by atoms with Gasteiger partial charge in [-0.15, -0.1) is 0 Å². The lowest BCUT2D eigenvalue weighted by Gasteiger charge is -2.15. The molecule has 0 saturated heterocycles. The van der Waals surface area contributed by atoms with Crippen LogP contribution >= 0.6 is 0 Å². The molecule has 1 rings (SSSR count). The minimum atomic E-state index is 1.26. The highest BCUT2D eigenvalue weighted by atomic mass is 14.1. The molecule has 0 aliphatic heterocycles. The smallest absolute Gasteiger partial charge is 0.0273 e. The second kappa shape index (κ2) is 15.5. The van der Waals surface area contributed by atoms with Crippen LogP contribution in [0.2, 0.25) is 0 Å². The zero-order valence-corrected chi connectivity index (χ0v) is 17.5. The summed E-state index contributed by atoms with van der Waals surface area (Å²) in [6.45, 7) is 6.91. The Bertz CT molecular complexity index is 418. The Labute approximate surface area is 158 Å². The zero-order chi connectivity index (χ0) is 18.2. The molecule has 0 aliphatic carbocycles. The summed E-state index contributed by atoms with van der Waals surface area (Å²) >= 11 is 0.